The van der Waals surface area contributed by atoms with E-state index in [4.69, 9.17) is 9.72 Å². The van der Waals surface area contributed by atoms with Crippen LogP contribution in [0.2, 0.25) is 0 Å². The lowest BCUT2D eigenvalue weighted by atomic mass is 10.1. The fourth-order valence-electron chi connectivity index (χ4n) is 3.50. The molecule has 3 aromatic carbocycles. The van der Waals surface area contributed by atoms with Gasteiger partial charge in [0.15, 0.2) is 0 Å². The molecule has 0 aliphatic rings. The number of imidazole rings is 1. The molecule has 0 N–H and O–H groups in total. The average Bonchev–Trinajstić information content (AvgIpc) is 3.02. The van der Waals surface area contributed by atoms with E-state index in [9.17, 15) is 0 Å². The zero-order valence-corrected chi connectivity index (χ0v) is 16.1. The first kappa shape index (κ1) is 17.3. The van der Waals surface area contributed by atoms with Gasteiger partial charge >= 0.3 is 0 Å². The smallest absolute Gasteiger partial charge is 0.118 e. The Morgan fingerprint density at radius 3 is 2.48 bits per heavy atom. The van der Waals surface area contributed by atoms with Crippen molar-refractivity contribution >= 4 is 11.0 Å². The summed E-state index contributed by atoms with van der Waals surface area (Å²) in [6.45, 7) is 5.16. The predicted molar refractivity (Wildman–Crippen MR) is 111 cm³/mol. The molecule has 1 aromatic heterocycles. The van der Waals surface area contributed by atoms with Gasteiger partial charge in [-0.15, -0.1) is 0 Å². The molecule has 0 unspecified atom stereocenters. The molecule has 3 heteroatoms. The van der Waals surface area contributed by atoms with E-state index in [1.807, 2.05) is 12.1 Å². The van der Waals surface area contributed by atoms with Crippen LogP contribution < -0.4 is 4.74 Å². The Hall–Kier alpha value is -3.07. The summed E-state index contributed by atoms with van der Waals surface area (Å²) in [5.41, 5.74) is 7.40. The van der Waals surface area contributed by atoms with E-state index in [2.05, 4.69) is 73.0 Å². The van der Waals surface area contributed by atoms with Crippen molar-refractivity contribution in [1.29, 1.82) is 0 Å². The highest BCUT2D eigenvalue weighted by atomic mass is 16.5. The Labute approximate surface area is 160 Å². The van der Waals surface area contributed by atoms with Crippen molar-refractivity contribution in [2.45, 2.75) is 26.8 Å². The summed E-state index contributed by atoms with van der Waals surface area (Å²) in [4.78, 5) is 4.93. The lowest BCUT2D eigenvalue weighted by molar-refractivity contribution is 0.414. The highest BCUT2D eigenvalue weighted by Crippen LogP contribution is 2.22. The molecule has 0 atom stereocenters. The second kappa shape index (κ2) is 7.28. The summed E-state index contributed by atoms with van der Waals surface area (Å²) in [6.07, 6.45) is 0.795. The van der Waals surface area contributed by atoms with Crippen LogP contribution in [-0.4, -0.2) is 16.7 Å². The van der Waals surface area contributed by atoms with Gasteiger partial charge in [-0.1, -0.05) is 48.0 Å². The fraction of sp³-hybridized carbons (Fsp3) is 0.208. The molecule has 0 saturated heterocycles. The van der Waals surface area contributed by atoms with Gasteiger partial charge in [0.2, 0.25) is 0 Å². The number of aromatic nitrogens is 2. The van der Waals surface area contributed by atoms with Gasteiger partial charge in [0.1, 0.15) is 11.6 Å². The SMILES string of the molecule is COc1ccc(Cc2nc3ccccc3n2Cc2cc(C)ccc2C)cc1. The maximum Gasteiger partial charge on any atom is 0.118 e. The number of para-hydroxylation sites is 2. The first-order chi connectivity index (χ1) is 13.1. The van der Waals surface area contributed by atoms with Gasteiger partial charge in [0.05, 0.1) is 18.1 Å². The molecular weight excluding hydrogens is 332 g/mol. The van der Waals surface area contributed by atoms with Crippen LogP contribution in [0.25, 0.3) is 11.0 Å². The maximum atomic E-state index is 5.27. The van der Waals surface area contributed by atoms with Crippen LogP contribution in [0, 0.1) is 13.8 Å². The third kappa shape index (κ3) is 3.59. The third-order valence-electron chi connectivity index (χ3n) is 5.09. The van der Waals surface area contributed by atoms with Crippen molar-refractivity contribution in [1.82, 2.24) is 9.55 Å². The van der Waals surface area contributed by atoms with Gasteiger partial charge in [-0.25, -0.2) is 4.98 Å². The summed E-state index contributed by atoms with van der Waals surface area (Å²) >= 11 is 0. The Balaban J connectivity index is 1.75. The van der Waals surface area contributed by atoms with Crippen LogP contribution in [-0.2, 0) is 13.0 Å². The largest absolute Gasteiger partial charge is 0.497 e. The van der Waals surface area contributed by atoms with Crippen LogP contribution in [0.3, 0.4) is 0 Å². The summed E-state index contributed by atoms with van der Waals surface area (Å²) < 4.78 is 7.62. The van der Waals surface area contributed by atoms with Crippen LogP contribution in [0.5, 0.6) is 5.75 Å². The van der Waals surface area contributed by atoms with Crippen LogP contribution >= 0.6 is 0 Å². The Bertz CT molecular complexity index is 1080. The number of hydrogen-bond donors (Lipinski definition) is 0. The van der Waals surface area contributed by atoms with Crippen molar-refractivity contribution in [3.8, 4) is 5.75 Å². The van der Waals surface area contributed by atoms with Crippen molar-refractivity contribution < 1.29 is 4.74 Å². The third-order valence-corrected chi connectivity index (χ3v) is 5.09. The van der Waals surface area contributed by atoms with Crippen molar-refractivity contribution in [3.63, 3.8) is 0 Å². The van der Waals surface area contributed by atoms with Crippen molar-refractivity contribution in [3.05, 3.63) is 94.8 Å². The molecule has 0 aliphatic heterocycles. The quantitative estimate of drug-likeness (QED) is 0.485. The molecule has 27 heavy (non-hydrogen) atoms. The number of ether oxygens (including phenoxy) is 1. The highest BCUT2D eigenvalue weighted by Gasteiger charge is 2.13. The Morgan fingerprint density at radius 1 is 0.926 bits per heavy atom. The first-order valence-corrected chi connectivity index (χ1v) is 9.27. The minimum Gasteiger partial charge on any atom is -0.497 e. The van der Waals surface area contributed by atoms with E-state index in [-0.39, 0.29) is 0 Å². The van der Waals surface area contributed by atoms with E-state index >= 15 is 0 Å². The molecular formula is C24H24N2O. The van der Waals surface area contributed by atoms with Gasteiger partial charge in [0.25, 0.3) is 0 Å². The zero-order chi connectivity index (χ0) is 18.8. The maximum absolute atomic E-state index is 5.27. The monoisotopic (exact) mass is 356 g/mol. The fourth-order valence-corrected chi connectivity index (χ4v) is 3.50. The molecule has 136 valence electrons. The number of methoxy groups -OCH3 is 1. The number of aryl methyl sites for hydroxylation is 2. The summed E-state index contributed by atoms with van der Waals surface area (Å²) in [7, 11) is 1.69. The molecule has 3 nitrogen and oxygen atoms in total. The standard InChI is InChI=1S/C24H24N2O/c1-17-8-9-18(2)20(14-17)16-26-23-7-5-4-6-22(23)25-24(26)15-19-10-12-21(27-3)13-11-19/h4-14H,15-16H2,1-3H3. The van der Waals surface area contributed by atoms with Crippen LogP contribution in [0.4, 0.5) is 0 Å². The molecule has 0 fully saturated rings. The average molecular weight is 356 g/mol. The van der Waals surface area contributed by atoms with E-state index in [0.29, 0.717) is 0 Å². The number of rotatable bonds is 5. The van der Waals surface area contributed by atoms with Crippen LogP contribution in [0.15, 0.2) is 66.7 Å². The summed E-state index contributed by atoms with van der Waals surface area (Å²) in [5, 5.41) is 0. The predicted octanol–water partition coefficient (Wildman–Crippen LogP) is 5.30. The molecule has 0 amide bonds. The van der Waals surface area contributed by atoms with Crippen LogP contribution in [0.1, 0.15) is 28.1 Å². The van der Waals surface area contributed by atoms with E-state index < -0.39 is 0 Å². The van der Waals surface area contributed by atoms with Crippen molar-refractivity contribution in [2.24, 2.45) is 0 Å². The highest BCUT2D eigenvalue weighted by molar-refractivity contribution is 5.76. The van der Waals surface area contributed by atoms with Gasteiger partial charge in [0, 0.05) is 13.0 Å². The molecule has 4 rings (SSSR count). The van der Waals surface area contributed by atoms with Crippen molar-refractivity contribution in [2.75, 3.05) is 7.11 Å². The normalized spacial score (nSPS) is 11.1. The van der Waals surface area contributed by atoms with E-state index in [1.54, 1.807) is 7.11 Å². The molecule has 0 spiro atoms. The zero-order valence-electron chi connectivity index (χ0n) is 16.1. The Morgan fingerprint density at radius 2 is 1.70 bits per heavy atom. The number of nitrogens with zero attached hydrogens (tertiary/aromatic N) is 2. The molecule has 0 aliphatic carbocycles. The molecule has 0 saturated carbocycles. The number of benzene rings is 3. The van der Waals surface area contributed by atoms with Gasteiger partial charge in [-0.05, 0) is 54.8 Å². The van der Waals surface area contributed by atoms with Gasteiger partial charge in [-0.2, -0.15) is 0 Å². The van der Waals surface area contributed by atoms with Gasteiger partial charge < -0.3 is 9.30 Å². The second-order valence-corrected chi connectivity index (χ2v) is 7.06. The number of hydrogen-bond acceptors (Lipinski definition) is 2. The topological polar surface area (TPSA) is 27.1 Å². The first-order valence-electron chi connectivity index (χ1n) is 9.27. The second-order valence-electron chi connectivity index (χ2n) is 7.06. The van der Waals surface area contributed by atoms with E-state index in [0.717, 1.165) is 30.1 Å². The molecule has 4 aromatic rings. The van der Waals surface area contributed by atoms with E-state index in [1.165, 1.54) is 27.8 Å². The minimum atomic E-state index is 0.795. The molecule has 0 radical (unpaired) electrons. The Kier molecular flexibility index (Phi) is 4.68. The summed E-state index contributed by atoms with van der Waals surface area (Å²) in [6, 6.07) is 23.3. The molecule has 0 bridgehead atoms. The number of fused-ring (bicyclic) bond motifs is 1. The summed E-state index contributed by atoms with van der Waals surface area (Å²) in [5.74, 6) is 1.96. The lowest BCUT2D eigenvalue weighted by Crippen LogP contribution is -2.07. The minimum absolute atomic E-state index is 0.795. The lowest BCUT2D eigenvalue weighted by Gasteiger charge is -2.13. The van der Waals surface area contributed by atoms with Gasteiger partial charge in [-0.3, -0.25) is 0 Å². The molecule has 1 heterocycles.